The summed E-state index contributed by atoms with van der Waals surface area (Å²) in [5.74, 6) is 0.785. The first-order valence-corrected chi connectivity index (χ1v) is 7.14. The molecule has 0 N–H and O–H groups in total. The molecule has 22 heavy (non-hydrogen) atoms. The van der Waals surface area contributed by atoms with Crippen molar-refractivity contribution in [1.82, 2.24) is 4.90 Å². The summed E-state index contributed by atoms with van der Waals surface area (Å²) in [6, 6.07) is 18.3. The molecular weight excluding hydrogens is 276 g/mol. The fourth-order valence-electron chi connectivity index (χ4n) is 2.02. The number of nitriles is 1. The van der Waals surface area contributed by atoms with Crippen molar-refractivity contribution in [1.29, 1.82) is 5.26 Å². The average molecular weight is 294 g/mol. The van der Waals surface area contributed by atoms with Gasteiger partial charge in [-0.2, -0.15) is 5.26 Å². The first-order valence-electron chi connectivity index (χ1n) is 7.14. The Morgan fingerprint density at radius 2 is 1.82 bits per heavy atom. The molecule has 1 amide bonds. The Labute approximate surface area is 130 Å². The number of amides is 1. The Bertz CT molecular complexity index is 645. The van der Waals surface area contributed by atoms with E-state index in [0.717, 1.165) is 12.2 Å². The van der Waals surface area contributed by atoms with Crippen LogP contribution in [0, 0.1) is 11.3 Å². The van der Waals surface area contributed by atoms with E-state index in [9.17, 15) is 4.79 Å². The summed E-state index contributed by atoms with van der Waals surface area (Å²) in [4.78, 5) is 13.9. The quantitative estimate of drug-likeness (QED) is 0.769. The lowest BCUT2D eigenvalue weighted by atomic mass is 10.1. The number of para-hydroxylation sites is 1. The lowest BCUT2D eigenvalue weighted by molar-refractivity contribution is 0.0788. The lowest BCUT2D eigenvalue weighted by Crippen LogP contribution is -2.28. The summed E-state index contributed by atoms with van der Waals surface area (Å²) in [7, 11) is 1.77. The summed E-state index contributed by atoms with van der Waals surface area (Å²) < 4.78 is 5.60. The number of nitrogens with zero attached hydrogens (tertiary/aromatic N) is 2. The lowest BCUT2D eigenvalue weighted by Gasteiger charge is -2.17. The Balaban J connectivity index is 1.77. The van der Waals surface area contributed by atoms with Gasteiger partial charge < -0.3 is 9.64 Å². The van der Waals surface area contributed by atoms with Crippen LogP contribution in [0.3, 0.4) is 0 Å². The van der Waals surface area contributed by atoms with E-state index < -0.39 is 0 Å². The molecule has 2 aromatic rings. The van der Waals surface area contributed by atoms with Crippen LogP contribution in [0.15, 0.2) is 54.6 Å². The second-order valence-electron chi connectivity index (χ2n) is 4.93. The molecule has 0 bridgehead atoms. The van der Waals surface area contributed by atoms with Crippen LogP contribution in [0.2, 0.25) is 0 Å². The molecule has 0 saturated carbocycles. The van der Waals surface area contributed by atoms with Crippen molar-refractivity contribution in [3.8, 4) is 11.8 Å². The van der Waals surface area contributed by atoms with Gasteiger partial charge in [-0.1, -0.05) is 18.2 Å². The number of carbonyl (C=O) groups is 1. The molecule has 0 atom stereocenters. The summed E-state index contributed by atoms with van der Waals surface area (Å²) in [5.41, 5.74) is 1.14. The molecule has 0 heterocycles. The summed E-state index contributed by atoms with van der Waals surface area (Å²) in [6.45, 7) is 1.18. The second kappa shape index (κ2) is 7.84. The maximum atomic E-state index is 12.2. The van der Waals surface area contributed by atoms with Crippen LogP contribution in [0.5, 0.6) is 5.75 Å². The SMILES string of the molecule is CN(CCCOc1ccccc1)C(=O)c1ccc(C#N)cc1. The van der Waals surface area contributed by atoms with E-state index in [2.05, 4.69) is 0 Å². The third-order valence-corrected chi connectivity index (χ3v) is 3.26. The Morgan fingerprint density at radius 3 is 2.45 bits per heavy atom. The van der Waals surface area contributed by atoms with Gasteiger partial charge in [-0.25, -0.2) is 0 Å². The van der Waals surface area contributed by atoms with E-state index in [1.54, 1.807) is 36.2 Å². The molecule has 0 spiro atoms. The van der Waals surface area contributed by atoms with Gasteiger partial charge in [-0.15, -0.1) is 0 Å². The van der Waals surface area contributed by atoms with Gasteiger partial charge in [-0.3, -0.25) is 4.79 Å². The monoisotopic (exact) mass is 294 g/mol. The van der Waals surface area contributed by atoms with Crippen LogP contribution in [0.25, 0.3) is 0 Å². The number of carbonyl (C=O) groups excluding carboxylic acids is 1. The fourth-order valence-corrected chi connectivity index (χ4v) is 2.02. The maximum absolute atomic E-state index is 12.2. The topological polar surface area (TPSA) is 53.3 Å². The van der Waals surface area contributed by atoms with Crippen LogP contribution >= 0.6 is 0 Å². The van der Waals surface area contributed by atoms with E-state index in [-0.39, 0.29) is 5.91 Å². The van der Waals surface area contributed by atoms with Crippen molar-refractivity contribution < 1.29 is 9.53 Å². The van der Waals surface area contributed by atoms with Crippen LogP contribution < -0.4 is 4.74 Å². The molecular formula is C18H18N2O2. The molecule has 0 fully saturated rings. The molecule has 2 aromatic carbocycles. The van der Waals surface area contributed by atoms with Gasteiger partial charge in [0, 0.05) is 19.2 Å². The van der Waals surface area contributed by atoms with E-state index >= 15 is 0 Å². The Morgan fingerprint density at radius 1 is 1.14 bits per heavy atom. The molecule has 0 aromatic heterocycles. The highest BCUT2D eigenvalue weighted by Gasteiger charge is 2.11. The Kier molecular flexibility index (Phi) is 5.56. The van der Waals surface area contributed by atoms with Gasteiger partial charge in [0.1, 0.15) is 5.75 Å². The van der Waals surface area contributed by atoms with E-state index in [1.165, 1.54) is 0 Å². The molecule has 0 aliphatic rings. The highest BCUT2D eigenvalue weighted by molar-refractivity contribution is 5.94. The van der Waals surface area contributed by atoms with E-state index in [0.29, 0.717) is 24.3 Å². The summed E-state index contributed by atoms with van der Waals surface area (Å²) in [5, 5.41) is 8.75. The van der Waals surface area contributed by atoms with Crippen molar-refractivity contribution in [2.24, 2.45) is 0 Å². The number of hydrogen-bond acceptors (Lipinski definition) is 3. The number of ether oxygens (including phenoxy) is 1. The molecule has 0 saturated heterocycles. The minimum absolute atomic E-state index is 0.0517. The molecule has 0 aliphatic carbocycles. The van der Waals surface area contributed by atoms with Gasteiger partial charge in [-0.05, 0) is 42.8 Å². The molecule has 0 aliphatic heterocycles. The van der Waals surface area contributed by atoms with Gasteiger partial charge >= 0.3 is 0 Å². The van der Waals surface area contributed by atoms with Crippen molar-refractivity contribution >= 4 is 5.91 Å². The third-order valence-electron chi connectivity index (χ3n) is 3.26. The Hall–Kier alpha value is -2.80. The predicted octanol–water partition coefficient (Wildman–Crippen LogP) is 3.10. The standard InChI is InChI=1S/C18H18N2O2/c1-20(12-5-13-22-17-6-3-2-4-7-17)18(21)16-10-8-15(14-19)9-11-16/h2-4,6-11H,5,12-13H2,1H3. The summed E-state index contributed by atoms with van der Waals surface area (Å²) in [6.07, 6.45) is 0.757. The van der Waals surface area contributed by atoms with Gasteiger partial charge in [0.2, 0.25) is 0 Å². The first-order chi connectivity index (χ1) is 10.7. The largest absolute Gasteiger partial charge is 0.494 e. The van der Waals surface area contributed by atoms with Crippen molar-refractivity contribution in [2.75, 3.05) is 20.2 Å². The van der Waals surface area contributed by atoms with E-state index in [1.807, 2.05) is 36.4 Å². The van der Waals surface area contributed by atoms with Crippen molar-refractivity contribution in [3.63, 3.8) is 0 Å². The van der Waals surface area contributed by atoms with Crippen LogP contribution in [0.1, 0.15) is 22.3 Å². The van der Waals surface area contributed by atoms with Crippen LogP contribution in [-0.2, 0) is 0 Å². The summed E-state index contributed by atoms with van der Waals surface area (Å²) >= 11 is 0. The zero-order chi connectivity index (χ0) is 15.8. The average Bonchev–Trinajstić information content (AvgIpc) is 2.59. The highest BCUT2D eigenvalue weighted by atomic mass is 16.5. The van der Waals surface area contributed by atoms with Crippen LogP contribution in [0.4, 0.5) is 0 Å². The van der Waals surface area contributed by atoms with Gasteiger partial charge in [0.15, 0.2) is 0 Å². The molecule has 2 rings (SSSR count). The minimum Gasteiger partial charge on any atom is -0.494 e. The first kappa shape index (κ1) is 15.6. The van der Waals surface area contributed by atoms with Crippen molar-refractivity contribution in [3.05, 3.63) is 65.7 Å². The fraction of sp³-hybridized carbons (Fsp3) is 0.222. The molecule has 112 valence electrons. The number of rotatable bonds is 6. The number of hydrogen-bond donors (Lipinski definition) is 0. The third kappa shape index (κ3) is 4.35. The smallest absolute Gasteiger partial charge is 0.253 e. The normalized spacial score (nSPS) is 9.82. The number of benzene rings is 2. The second-order valence-corrected chi connectivity index (χ2v) is 4.93. The minimum atomic E-state index is -0.0517. The molecule has 0 unspecified atom stereocenters. The van der Waals surface area contributed by atoms with E-state index in [4.69, 9.17) is 10.00 Å². The molecule has 4 nitrogen and oxygen atoms in total. The maximum Gasteiger partial charge on any atom is 0.253 e. The van der Waals surface area contributed by atoms with Gasteiger partial charge in [0.05, 0.1) is 18.2 Å². The van der Waals surface area contributed by atoms with Crippen molar-refractivity contribution in [2.45, 2.75) is 6.42 Å². The molecule has 4 heteroatoms. The highest BCUT2D eigenvalue weighted by Crippen LogP contribution is 2.09. The predicted molar refractivity (Wildman–Crippen MR) is 84.7 cm³/mol. The zero-order valence-corrected chi connectivity index (χ0v) is 12.5. The van der Waals surface area contributed by atoms with Crippen LogP contribution in [-0.4, -0.2) is 31.0 Å². The molecule has 0 radical (unpaired) electrons. The van der Waals surface area contributed by atoms with Gasteiger partial charge in [0.25, 0.3) is 5.91 Å². The zero-order valence-electron chi connectivity index (χ0n) is 12.5.